The van der Waals surface area contributed by atoms with Gasteiger partial charge in [0.2, 0.25) is 0 Å². The minimum atomic E-state index is 0.382. The molecule has 106 valence electrons. The summed E-state index contributed by atoms with van der Waals surface area (Å²) in [6, 6.07) is 10.1. The van der Waals surface area contributed by atoms with Gasteiger partial charge in [0.15, 0.2) is 5.82 Å². The maximum atomic E-state index is 5.77. The summed E-state index contributed by atoms with van der Waals surface area (Å²) < 4.78 is 5.77. The molecule has 0 unspecified atom stereocenters. The zero-order valence-corrected chi connectivity index (χ0v) is 12.3. The largest absolute Gasteiger partial charge is 0.486 e. The molecule has 4 nitrogen and oxygen atoms in total. The van der Waals surface area contributed by atoms with Gasteiger partial charge < -0.3 is 10.1 Å². The quantitative estimate of drug-likeness (QED) is 0.875. The molecule has 1 heterocycles. The highest BCUT2D eigenvalue weighted by Gasteiger charge is 2.03. The van der Waals surface area contributed by atoms with E-state index in [4.69, 9.17) is 4.74 Å². The van der Waals surface area contributed by atoms with Crippen molar-refractivity contribution in [1.29, 1.82) is 0 Å². The first-order valence-corrected chi connectivity index (χ1v) is 7.01. The first-order chi connectivity index (χ1) is 9.71. The third kappa shape index (κ3) is 3.95. The lowest BCUT2D eigenvalue weighted by atomic mass is 10.2. The van der Waals surface area contributed by atoms with Gasteiger partial charge in [0, 0.05) is 18.3 Å². The number of aryl methyl sites for hydroxylation is 2. The van der Waals surface area contributed by atoms with Crippen molar-refractivity contribution >= 4 is 5.82 Å². The predicted molar refractivity (Wildman–Crippen MR) is 81.1 cm³/mol. The van der Waals surface area contributed by atoms with Crippen molar-refractivity contribution < 1.29 is 4.74 Å². The van der Waals surface area contributed by atoms with E-state index in [0.29, 0.717) is 12.4 Å². The molecule has 2 rings (SSSR count). The molecule has 0 amide bonds. The van der Waals surface area contributed by atoms with Crippen molar-refractivity contribution in [3.05, 3.63) is 47.4 Å². The normalized spacial score (nSPS) is 10.3. The molecule has 0 fully saturated rings. The summed E-state index contributed by atoms with van der Waals surface area (Å²) in [5.41, 5.74) is 2.21. The summed E-state index contributed by atoms with van der Waals surface area (Å²) in [5.74, 6) is 2.41. The van der Waals surface area contributed by atoms with E-state index in [9.17, 15) is 0 Å². The van der Waals surface area contributed by atoms with Gasteiger partial charge in [-0.2, -0.15) is 0 Å². The standard InChI is InChI=1S/C16H21N3O/c1-4-13-7-6-8-14(10-13)20-11-16-18-12(3)9-15(19-16)17-5-2/h6-10H,4-5,11H2,1-3H3,(H,17,18,19). The molecule has 0 atom stereocenters. The number of anilines is 1. The van der Waals surface area contributed by atoms with E-state index in [1.54, 1.807) is 0 Å². The van der Waals surface area contributed by atoms with Crippen LogP contribution in [0.25, 0.3) is 0 Å². The fourth-order valence-corrected chi connectivity index (χ4v) is 1.97. The van der Waals surface area contributed by atoms with Gasteiger partial charge >= 0.3 is 0 Å². The molecule has 0 radical (unpaired) electrons. The number of benzene rings is 1. The molecular formula is C16H21N3O. The van der Waals surface area contributed by atoms with Crippen LogP contribution >= 0.6 is 0 Å². The zero-order chi connectivity index (χ0) is 14.4. The summed E-state index contributed by atoms with van der Waals surface area (Å²) in [6.45, 7) is 7.36. The van der Waals surface area contributed by atoms with E-state index >= 15 is 0 Å². The highest BCUT2D eigenvalue weighted by molar-refractivity contribution is 5.35. The van der Waals surface area contributed by atoms with E-state index in [1.807, 2.05) is 32.0 Å². The summed E-state index contributed by atoms with van der Waals surface area (Å²) >= 11 is 0. The third-order valence-corrected chi connectivity index (χ3v) is 2.93. The van der Waals surface area contributed by atoms with Gasteiger partial charge in [0.05, 0.1) is 0 Å². The molecule has 4 heteroatoms. The Bertz CT molecular complexity index is 569. The van der Waals surface area contributed by atoms with Crippen molar-refractivity contribution in [2.45, 2.75) is 33.8 Å². The van der Waals surface area contributed by atoms with Crippen LogP contribution in [0.1, 0.15) is 30.9 Å². The third-order valence-electron chi connectivity index (χ3n) is 2.93. The van der Waals surface area contributed by atoms with Gasteiger partial charge in [-0.3, -0.25) is 0 Å². The Morgan fingerprint density at radius 2 is 2.00 bits per heavy atom. The van der Waals surface area contributed by atoms with E-state index < -0.39 is 0 Å². The number of hydrogen-bond donors (Lipinski definition) is 1. The van der Waals surface area contributed by atoms with E-state index in [1.165, 1.54) is 5.56 Å². The number of nitrogens with zero attached hydrogens (tertiary/aromatic N) is 2. The van der Waals surface area contributed by atoms with Crippen LogP contribution < -0.4 is 10.1 Å². The van der Waals surface area contributed by atoms with Crippen LogP contribution in [0.3, 0.4) is 0 Å². The van der Waals surface area contributed by atoms with Gasteiger partial charge in [-0.15, -0.1) is 0 Å². The molecule has 0 aliphatic heterocycles. The Hall–Kier alpha value is -2.10. The molecule has 0 aliphatic rings. The number of hydrogen-bond acceptors (Lipinski definition) is 4. The monoisotopic (exact) mass is 271 g/mol. The first kappa shape index (κ1) is 14.3. The van der Waals surface area contributed by atoms with Crippen LogP contribution in [-0.4, -0.2) is 16.5 Å². The van der Waals surface area contributed by atoms with Gasteiger partial charge in [-0.05, 0) is 38.0 Å². The molecule has 0 aliphatic carbocycles. The van der Waals surface area contributed by atoms with E-state index in [0.717, 1.165) is 30.2 Å². The SMILES string of the molecule is CCNc1cc(C)nc(COc2cccc(CC)c2)n1. The summed E-state index contributed by atoms with van der Waals surface area (Å²) in [7, 11) is 0. The van der Waals surface area contributed by atoms with Crippen LogP contribution in [0.15, 0.2) is 30.3 Å². The summed E-state index contributed by atoms with van der Waals surface area (Å²) in [4.78, 5) is 8.83. The summed E-state index contributed by atoms with van der Waals surface area (Å²) in [5, 5.41) is 3.20. The van der Waals surface area contributed by atoms with Crippen LogP contribution in [0.2, 0.25) is 0 Å². The van der Waals surface area contributed by atoms with E-state index in [2.05, 4.69) is 34.3 Å². The number of ether oxygens (including phenoxy) is 1. The Balaban J connectivity index is 2.06. The Kier molecular flexibility index (Phi) is 4.93. The smallest absolute Gasteiger partial charge is 0.168 e. The zero-order valence-electron chi connectivity index (χ0n) is 12.3. The topological polar surface area (TPSA) is 47.0 Å². The minimum Gasteiger partial charge on any atom is -0.486 e. The number of rotatable bonds is 6. The maximum Gasteiger partial charge on any atom is 0.168 e. The molecule has 20 heavy (non-hydrogen) atoms. The van der Waals surface area contributed by atoms with Crippen molar-refractivity contribution in [2.24, 2.45) is 0 Å². The second-order valence-electron chi connectivity index (χ2n) is 4.63. The second kappa shape index (κ2) is 6.89. The molecule has 0 saturated heterocycles. The highest BCUT2D eigenvalue weighted by Crippen LogP contribution is 2.15. The summed E-state index contributed by atoms with van der Waals surface area (Å²) in [6.07, 6.45) is 1.00. The van der Waals surface area contributed by atoms with Crippen molar-refractivity contribution in [3.8, 4) is 5.75 Å². The molecule has 0 spiro atoms. The Morgan fingerprint density at radius 1 is 1.15 bits per heavy atom. The molecule has 0 saturated carbocycles. The lowest BCUT2D eigenvalue weighted by Crippen LogP contribution is -2.07. The van der Waals surface area contributed by atoms with Crippen molar-refractivity contribution in [1.82, 2.24) is 9.97 Å². The molecular weight excluding hydrogens is 250 g/mol. The Labute approximate surface area is 120 Å². The molecule has 0 bridgehead atoms. The Morgan fingerprint density at radius 3 is 2.75 bits per heavy atom. The van der Waals surface area contributed by atoms with Gasteiger partial charge in [-0.1, -0.05) is 19.1 Å². The first-order valence-electron chi connectivity index (χ1n) is 7.01. The highest BCUT2D eigenvalue weighted by atomic mass is 16.5. The molecule has 2 aromatic rings. The minimum absolute atomic E-state index is 0.382. The number of aromatic nitrogens is 2. The van der Waals surface area contributed by atoms with Gasteiger partial charge in [0.25, 0.3) is 0 Å². The fraction of sp³-hybridized carbons (Fsp3) is 0.375. The average molecular weight is 271 g/mol. The van der Waals surface area contributed by atoms with Crippen LogP contribution in [-0.2, 0) is 13.0 Å². The lowest BCUT2D eigenvalue weighted by molar-refractivity contribution is 0.295. The molecule has 1 aromatic heterocycles. The number of nitrogens with one attached hydrogen (secondary N) is 1. The van der Waals surface area contributed by atoms with Crippen LogP contribution in [0.5, 0.6) is 5.75 Å². The van der Waals surface area contributed by atoms with E-state index in [-0.39, 0.29) is 0 Å². The van der Waals surface area contributed by atoms with Gasteiger partial charge in [0.1, 0.15) is 18.2 Å². The average Bonchev–Trinajstić information content (AvgIpc) is 2.45. The van der Waals surface area contributed by atoms with Gasteiger partial charge in [-0.25, -0.2) is 9.97 Å². The van der Waals surface area contributed by atoms with Crippen LogP contribution in [0, 0.1) is 6.92 Å². The van der Waals surface area contributed by atoms with Crippen LogP contribution in [0.4, 0.5) is 5.82 Å². The molecule has 1 aromatic carbocycles. The van der Waals surface area contributed by atoms with Crippen molar-refractivity contribution in [3.63, 3.8) is 0 Å². The lowest BCUT2D eigenvalue weighted by Gasteiger charge is -2.09. The predicted octanol–water partition coefficient (Wildman–Crippen LogP) is 3.36. The molecule has 1 N–H and O–H groups in total. The van der Waals surface area contributed by atoms with Crippen molar-refractivity contribution in [2.75, 3.05) is 11.9 Å². The second-order valence-corrected chi connectivity index (χ2v) is 4.63. The fourth-order valence-electron chi connectivity index (χ4n) is 1.97. The maximum absolute atomic E-state index is 5.77.